The van der Waals surface area contributed by atoms with Crippen LogP contribution in [0.3, 0.4) is 0 Å². The van der Waals surface area contributed by atoms with Crippen molar-refractivity contribution >= 4 is 17.0 Å². The number of ether oxygens (including phenoxy) is 1. The van der Waals surface area contributed by atoms with Crippen LogP contribution >= 0.6 is 11.3 Å². The third-order valence-electron chi connectivity index (χ3n) is 3.99. The van der Waals surface area contributed by atoms with Gasteiger partial charge in [0.1, 0.15) is 17.4 Å². The van der Waals surface area contributed by atoms with Crippen molar-refractivity contribution in [3.05, 3.63) is 52.9 Å². The second-order valence-electron chi connectivity index (χ2n) is 5.78. The molecule has 116 valence electrons. The van der Waals surface area contributed by atoms with E-state index in [1.54, 1.807) is 11.3 Å². The van der Waals surface area contributed by atoms with E-state index in [2.05, 4.69) is 55.6 Å². The lowest BCUT2D eigenvalue weighted by Gasteiger charge is -2.19. The van der Waals surface area contributed by atoms with Crippen LogP contribution in [-0.2, 0) is 0 Å². The molecule has 4 rings (SSSR count). The number of nitrogens with one attached hydrogen (secondary N) is 1. The summed E-state index contributed by atoms with van der Waals surface area (Å²) in [5.41, 5.74) is 5.69. The van der Waals surface area contributed by atoms with Crippen LogP contribution in [-0.4, -0.2) is 18.1 Å². The Kier molecular flexibility index (Phi) is 3.54. The van der Waals surface area contributed by atoms with Crippen molar-refractivity contribution in [3.8, 4) is 27.6 Å². The second kappa shape index (κ2) is 5.70. The molecule has 23 heavy (non-hydrogen) atoms. The Morgan fingerprint density at radius 1 is 1.09 bits per heavy atom. The van der Waals surface area contributed by atoms with Crippen molar-refractivity contribution in [2.75, 3.05) is 18.5 Å². The summed E-state index contributed by atoms with van der Waals surface area (Å²) in [5, 5.41) is 4.46. The third kappa shape index (κ3) is 2.70. The van der Waals surface area contributed by atoms with Crippen LogP contribution in [0, 0.1) is 13.8 Å². The second-order valence-corrected chi connectivity index (χ2v) is 6.98. The fourth-order valence-corrected chi connectivity index (χ4v) is 3.79. The van der Waals surface area contributed by atoms with Crippen molar-refractivity contribution in [2.45, 2.75) is 13.8 Å². The highest BCUT2D eigenvalue weighted by Crippen LogP contribution is 2.37. The summed E-state index contributed by atoms with van der Waals surface area (Å²) in [6.45, 7) is 5.82. The molecule has 0 radical (unpaired) electrons. The maximum atomic E-state index is 5.65. The van der Waals surface area contributed by atoms with E-state index < -0.39 is 0 Å². The first kappa shape index (κ1) is 14.3. The van der Waals surface area contributed by atoms with E-state index in [9.17, 15) is 0 Å². The van der Waals surface area contributed by atoms with Gasteiger partial charge in [-0.2, -0.15) is 0 Å². The third-order valence-corrected chi connectivity index (χ3v) is 5.01. The number of benzene rings is 2. The van der Waals surface area contributed by atoms with Crippen molar-refractivity contribution < 1.29 is 4.74 Å². The molecule has 1 aromatic heterocycles. The van der Waals surface area contributed by atoms with Crippen molar-refractivity contribution in [1.82, 2.24) is 4.98 Å². The number of hydrogen-bond donors (Lipinski definition) is 1. The lowest BCUT2D eigenvalue weighted by Crippen LogP contribution is -2.17. The van der Waals surface area contributed by atoms with Gasteiger partial charge in [-0.3, -0.25) is 0 Å². The standard InChI is InChI=1S/C19H18N2OS/c1-12-4-3-5-15(10-12)19-21-18(13(2)23-19)14-6-7-17-16(11-14)20-8-9-22-17/h3-7,10-11,20H,8-9H2,1-2H3. The van der Waals surface area contributed by atoms with Gasteiger partial charge in [-0.25, -0.2) is 4.98 Å². The average molecular weight is 322 g/mol. The molecule has 0 bridgehead atoms. The molecule has 0 aliphatic carbocycles. The molecule has 0 spiro atoms. The molecule has 1 N–H and O–H groups in total. The normalized spacial score (nSPS) is 13.1. The zero-order valence-corrected chi connectivity index (χ0v) is 14.0. The highest BCUT2D eigenvalue weighted by Gasteiger charge is 2.15. The maximum absolute atomic E-state index is 5.65. The SMILES string of the molecule is Cc1cccc(-c2nc(-c3ccc4c(c3)NCCO4)c(C)s2)c1. The zero-order chi connectivity index (χ0) is 15.8. The number of anilines is 1. The van der Waals surface area contributed by atoms with E-state index >= 15 is 0 Å². The molecule has 4 heteroatoms. The maximum Gasteiger partial charge on any atom is 0.142 e. The fourth-order valence-electron chi connectivity index (χ4n) is 2.85. The van der Waals surface area contributed by atoms with E-state index in [0.717, 1.165) is 40.9 Å². The molecule has 2 aromatic carbocycles. The monoisotopic (exact) mass is 322 g/mol. The molecule has 3 nitrogen and oxygen atoms in total. The molecular formula is C19H18N2OS. The number of aromatic nitrogens is 1. The van der Waals surface area contributed by atoms with Gasteiger partial charge in [0, 0.05) is 22.5 Å². The Labute approximate surface area is 140 Å². The van der Waals surface area contributed by atoms with E-state index in [0.29, 0.717) is 0 Å². The summed E-state index contributed by atoms with van der Waals surface area (Å²) in [6, 6.07) is 14.8. The minimum Gasteiger partial charge on any atom is -0.490 e. The van der Waals surface area contributed by atoms with Crippen molar-refractivity contribution in [3.63, 3.8) is 0 Å². The molecule has 3 aromatic rings. The molecule has 1 aliphatic heterocycles. The van der Waals surface area contributed by atoms with Crippen molar-refractivity contribution in [2.24, 2.45) is 0 Å². The highest BCUT2D eigenvalue weighted by atomic mass is 32.1. The van der Waals surface area contributed by atoms with E-state index in [4.69, 9.17) is 9.72 Å². The Morgan fingerprint density at radius 3 is 2.87 bits per heavy atom. The minimum atomic E-state index is 0.722. The summed E-state index contributed by atoms with van der Waals surface area (Å²) in [4.78, 5) is 6.12. The molecule has 0 unspecified atom stereocenters. The number of rotatable bonds is 2. The van der Waals surface area contributed by atoms with E-state index in [1.807, 2.05) is 6.07 Å². The van der Waals surface area contributed by atoms with Crippen molar-refractivity contribution in [1.29, 1.82) is 0 Å². The number of nitrogens with zero attached hydrogens (tertiary/aromatic N) is 1. The van der Waals surface area contributed by atoms with E-state index in [1.165, 1.54) is 16.0 Å². The van der Waals surface area contributed by atoms with Gasteiger partial charge in [-0.1, -0.05) is 23.8 Å². The summed E-state index contributed by atoms with van der Waals surface area (Å²) in [6.07, 6.45) is 0. The molecule has 0 saturated heterocycles. The quantitative estimate of drug-likeness (QED) is 0.729. The lowest BCUT2D eigenvalue weighted by atomic mass is 10.1. The first-order valence-corrected chi connectivity index (χ1v) is 8.58. The first-order valence-electron chi connectivity index (χ1n) is 7.76. The molecule has 2 heterocycles. The smallest absolute Gasteiger partial charge is 0.142 e. The predicted molar refractivity (Wildman–Crippen MR) is 96.4 cm³/mol. The topological polar surface area (TPSA) is 34.2 Å². The molecule has 0 amide bonds. The van der Waals surface area contributed by atoms with E-state index in [-0.39, 0.29) is 0 Å². The largest absolute Gasteiger partial charge is 0.490 e. The molecular weight excluding hydrogens is 304 g/mol. The van der Waals surface area contributed by atoms with Gasteiger partial charge in [0.2, 0.25) is 0 Å². The Bertz CT molecular complexity index is 870. The van der Waals surface area contributed by atoms with Crippen LogP contribution in [0.1, 0.15) is 10.4 Å². The van der Waals surface area contributed by atoms with Gasteiger partial charge in [0.25, 0.3) is 0 Å². The van der Waals surface area contributed by atoms with Crippen LogP contribution in [0.25, 0.3) is 21.8 Å². The van der Waals surface area contributed by atoms with Crippen LogP contribution in [0.5, 0.6) is 5.75 Å². The molecule has 0 atom stereocenters. The summed E-state index contributed by atoms with van der Waals surface area (Å²) in [5.74, 6) is 0.923. The molecule has 0 fully saturated rings. The van der Waals surface area contributed by atoms with Crippen LogP contribution < -0.4 is 10.1 Å². The highest BCUT2D eigenvalue weighted by molar-refractivity contribution is 7.15. The Hall–Kier alpha value is -2.33. The lowest BCUT2D eigenvalue weighted by molar-refractivity contribution is 0.323. The minimum absolute atomic E-state index is 0.722. The zero-order valence-electron chi connectivity index (χ0n) is 13.2. The summed E-state index contributed by atoms with van der Waals surface area (Å²) < 4.78 is 5.65. The fraction of sp³-hybridized carbons (Fsp3) is 0.211. The van der Waals surface area contributed by atoms with Gasteiger partial charge in [-0.15, -0.1) is 11.3 Å². The molecule has 0 saturated carbocycles. The average Bonchev–Trinajstić information content (AvgIpc) is 2.96. The Balaban J connectivity index is 1.75. The number of aryl methyl sites for hydroxylation is 2. The van der Waals surface area contributed by atoms with Gasteiger partial charge in [-0.05, 0) is 38.1 Å². The van der Waals surface area contributed by atoms with Crippen LogP contribution in [0.4, 0.5) is 5.69 Å². The number of fused-ring (bicyclic) bond motifs is 1. The van der Waals surface area contributed by atoms with Crippen LogP contribution in [0.15, 0.2) is 42.5 Å². The number of hydrogen-bond acceptors (Lipinski definition) is 4. The van der Waals surface area contributed by atoms with Gasteiger partial charge >= 0.3 is 0 Å². The van der Waals surface area contributed by atoms with Crippen LogP contribution in [0.2, 0.25) is 0 Å². The van der Waals surface area contributed by atoms with Gasteiger partial charge in [0.15, 0.2) is 0 Å². The van der Waals surface area contributed by atoms with Gasteiger partial charge in [0.05, 0.1) is 11.4 Å². The van der Waals surface area contributed by atoms with Gasteiger partial charge < -0.3 is 10.1 Å². The number of thiazole rings is 1. The predicted octanol–water partition coefficient (Wildman–Crippen LogP) is 4.90. The summed E-state index contributed by atoms with van der Waals surface area (Å²) >= 11 is 1.75. The first-order chi connectivity index (χ1) is 11.2. The molecule has 1 aliphatic rings. The summed E-state index contributed by atoms with van der Waals surface area (Å²) in [7, 11) is 0. The Morgan fingerprint density at radius 2 is 2.00 bits per heavy atom.